The zero-order valence-electron chi connectivity index (χ0n) is 22.9. The number of rotatable bonds is 14. The van der Waals surface area contributed by atoms with Gasteiger partial charge in [-0.2, -0.15) is 0 Å². The standard InChI is InChI=1S/C29H42N2O5S/c1-6-26-23-16-29(2,3)13-11-22(23)28(37-26)24(33)10-8-19-7-9-21(15-25(19)35-5)36-18-20(32)17-31-27(34)12-14-30-4/h7,9,15,20,30,32H,6,8,10-14,16-18H2,1-5H3,(H,31,34). The monoisotopic (exact) mass is 530 g/mol. The number of amides is 1. The fourth-order valence-electron chi connectivity index (χ4n) is 4.76. The van der Waals surface area contributed by atoms with Crippen molar-refractivity contribution in [2.75, 3.05) is 33.9 Å². The Balaban J connectivity index is 1.56. The van der Waals surface area contributed by atoms with Gasteiger partial charge in [0.2, 0.25) is 5.91 Å². The van der Waals surface area contributed by atoms with Gasteiger partial charge in [-0.1, -0.05) is 26.8 Å². The van der Waals surface area contributed by atoms with Crippen LogP contribution in [-0.4, -0.2) is 56.8 Å². The van der Waals surface area contributed by atoms with Crippen LogP contribution in [0.25, 0.3) is 0 Å². The quantitative estimate of drug-likeness (QED) is 0.318. The predicted molar refractivity (Wildman–Crippen MR) is 148 cm³/mol. The van der Waals surface area contributed by atoms with Crippen LogP contribution in [0.15, 0.2) is 18.2 Å². The second-order valence-electron chi connectivity index (χ2n) is 10.5. The van der Waals surface area contributed by atoms with Gasteiger partial charge < -0.3 is 25.2 Å². The van der Waals surface area contributed by atoms with Crippen LogP contribution in [0, 0.1) is 5.41 Å². The van der Waals surface area contributed by atoms with Crippen molar-refractivity contribution in [3.8, 4) is 11.5 Å². The molecular formula is C29H42N2O5S. The first kappa shape index (κ1) is 29.1. The molecule has 37 heavy (non-hydrogen) atoms. The highest BCUT2D eigenvalue weighted by Crippen LogP contribution is 2.42. The van der Waals surface area contributed by atoms with Crippen molar-refractivity contribution < 1.29 is 24.2 Å². The summed E-state index contributed by atoms with van der Waals surface area (Å²) in [5.74, 6) is 1.31. The molecule has 7 nitrogen and oxygen atoms in total. The van der Waals surface area contributed by atoms with E-state index in [1.54, 1.807) is 31.6 Å². The normalized spacial score (nSPS) is 15.1. The number of benzene rings is 1. The Hall–Kier alpha value is -2.42. The topological polar surface area (TPSA) is 96.9 Å². The van der Waals surface area contributed by atoms with Crippen molar-refractivity contribution in [1.82, 2.24) is 10.6 Å². The van der Waals surface area contributed by atoms with Crippen LogP contribution in [-0.2, 0) is 30.5 Å². The number of Topliss-reactive ketones (excluding diaryl/α,β-unsaturated/α-hetero) is 1. The number of hydrogen-bond acceptors (Lipinski definition) is 7. The van der Waals surface area contributed by atoms with E-state index in [1.165, 1.54) is 16.0 Å². The summed E-state index contributed by atoms with van der Waals surface area (Å²) in [6, 6.07) is 5.52. The van der Waals surface area contributed by atoms with E-state index in [0.29, 0.717) is 42.7 Å². The van der Waals surface area contributed by atoms with Crippen molar-refractivity contribution in [1.29, 1.82) is 0 Å². The minimum Gasteiger partial charge on any atom is -0.496 e. The maximum Gasteiger partial charge on any atom is 0.221 e. The highest BCUT2D eigenvalue weighted by Gasteiger charge is 2.31. The SMILES string of the molecule is CCc1sc(C(=O)CCc2ccc(OCC(O)CNC(=O)CCNC)cc2OC)c2c1CC(C)(C)CC2. The highest BCUT2D eigenvalue weighted by atomic mass is 32.1. The lowest BCUT2D eigenvalue weighted by atomic mass is 9.74. The third kappa shape index (κ3) is 8.03. The molecule has 0 radical (unpaired) electrons. The number of aliphatic hydroxyl groups excluding tert-OH is 1. The summed E-state index contributed by atoms with van der Waals surface area (Å²) in [6.45, 7) is 7.58. The van der Waals surface area contributed by atoms with E-state index in [0.717, 1.165) is 36.1 Å². The van der Waals surface area contributed by atoms with Gasteiger partial charge in [0, 0.05) is 36.9 Å². The van der Waals surface area contributed by atoms with Crippen molar-refractivity contribution in [3.63, 3.8) is 0 Å². The molecule has 0 bridgehead atoms. The minimum atomic E-state index is -0.822. The van der Waals surface area contributed by atoms with Gasteiger partial charge in [-0.3, -0.25) is 9.59 Å². The van der Waals surface area contributed by atoms with Crippen molar-refractivity contribution in [3.05, 3.63) is 44.6 Å². The molecule has 1 unspecified atom stereocenters. The van der Waals surface area contributed by atoms with Gasteiger partial charge in [-0.15, -0.1) is 11.3 Å². The van der Waals surface area contributed by atoms with Crippen molar-refractivity contribution in [2.45, 2.75) is 71.8 Å². The van der Waals surface area contributed by atoms with Crippen LogP contribution in [0.5, 0.6) is 11.5 Å². The molecule has 2 aromatic rings. The Labute approximate surface area is 225 Å². The van der Waals surface area contributed by atoms with Gasteiger partial charge >= 0.3 is 0 Å². The van der Waals surface area contributed by atoms with Crippen molar-refractivity contribution >= 4 is 23.0 Å². The van der Waals surface area contributed by atoms with E-state index < -0.39 is 6.10 Å². The first-order valence-corrected chi connectivity index (χ1v) is 14.0. The van der Waals surface area contributed by atoms with E-state index in [9.17, 15) is 14.7 Å². The fraction of sp³-hybridized carbons (Fsp3) is 0.586. The van der Waals surface area contributed by atoms with Gasteiger partial charge in [-0.05, 0) is 67.3 Å². The smallest absolute Gasteiger partial charge is 0.221 e. The van der Waals surface area contributed by atoms with E-state index in [1.807, 2.05) is 12.1 Å². The van der Waals surface area contributed by atoms with E-state index in [4.69, 9.17) is 9.47 Å². The predicted octanol–water partition coefficient (Wildman–Crippen LogP) is 4.11. The molecule has 3 rings (SSSR count). The number of thiophene rings is 1. The first-order valence-electron chi connectivity index (χ1n) is 13.2. The molecule has 1 aliphatic carbocycles. The lowest BCUT2D eigenvalue weighted by Crippen LogP contribution is -2.36. The Morgan fingerprint density at radius 2 is 2.00 bits per heavy atom. The van der Waals surface area contributed by atoms with Crippen LogP contribution in [0.4, 0.5) is 0 Å². The van der Waals surface area contributed by atoms with Gasteiger partial charge in [0.25, 0.3) is 0 Å². The third-order valence-corrected chi connectivity index (χ3v) is 8.40. The summed E-state index contributed by atoms with van der Waals surface area (Å²) in [5, 5.41) is 15.7. The maximum atomic E-state index is 13.3. The van der Waals surface area contributed by atoms with Crippen LogP contribution in [0.2, 0.25) is 0 Å². The molecule has 204 valence electrons. The molecular weight excluding hydrogens is 488 g/mol. The molecule has 8 heteroatoms. The molecule has 1 atom stereocenters. The summed E-state index contributed by atoms with van der Waals surface area (Å²) in [6.07, 6.45) is 4.69. The number of hydrogen-bond donors (Lipinski definition) is 3. The lowest BCUT2D eigenvalue weighted by molar-refractivity contribution is -0.121. The van der Waals surface area contributed by atoms with Crippen LogP contribution in [0.1, 0.15) is 71.3 Å². The minimum absolute atomic E-state index is 0.0490. The van der Waals surface area contributed by atoms with E-state index in [-0.39, 0.29) is 24.8 Å². The number of ether oxygens (including phenoxy) is 2. The van der Waals surface area contributed by atoms with Gasteiger partial charge in [0.05, 0.1) is 12.0 Å². The fourth-order valence-corrected chi connectivity index (χ4v) is 6.03. The average molecular weight is 531 g/mol. The first-order chi connectivity index (χ1) is 17.7. The Morgan fingerprint density at radius 3 is 2.70 bits per heavy atom. The molecule has 3 N–H and O–H groups in total. The van der Waals surface area contributed by atoms with Crippen molar-refractivity contribution in [2.24, 2.45) is 5.41 Å². The summed E-state index contributed by atoms with van der Waals surface area (Å²) < 4.78 is 11.3. The number of ketones is 1. The zero-order valence-corrected chi connectivity index (χ0v) is 23.7. The molecule has 0 fully saturated rings. The molecule has 0 spiro atoms. The van der Waals surface area contributed by atoms with E-state index in [2.05, 4.69) is 31.4 Å². The lowest BCUT2D eigenvalue weighted by Gasteiger charge is -2.30. The highest BCUT2D eigenvalue weighted by molar-refractivity contribution is 7.14. The summed E-state index contributed by atoms with van der Waals surface area (Å²) >= 11 is 1.70. The van der Waals surface area contributed by atoms with Gasteiger partial charge in [0.15, 0.2) is 5.78 Å². The van der Waals surface area contributed by atoms with Crippen LogP contribution < -0.4 is 20.1 Å². The molecule has 1 amide bonds. The molecule has 0 saturated heterocycles. The number of aryl methyl sites for hydroxylation is 2. The summed E-state index contributed by atoms with van der Waals surface area (Å²) in [4.78, 5) is 27.3. The molecule has 1 aromatic heterocycles. The number of carbonyl (C=O) groups excluding carboxylic acids is 2. The maximum absolute atomic E-state index is 13.3. The zero-order chi connectivity index (χ0) is 27.0. The average Bonchev–Trinajstić information content (AvgIpc) is 3.24. The number of aliphatic hydroxyl groups is 1. The van der Waals surface area contributed by atoms with Gasteiger partial charge in [0.1, 0.15) is 24.2 Å². The summed E-state index contributed by atoms with van der Waals surface area (Å²) in [7, 11) is 3.39. The molecule has 0 saturated carbocycles. The molecule has 1 aliphatic rings. The Bertz CT molecular complexity index is 1080. The molecule has 0 aliphatic heterocycles. The molecule has 1 heterocycles. The number of fused-ring (bicyclic) bond motifs is 1. The Morgan fingerprint density at radius 1 is 1.22 bits per heavy atom. The second-order valence-corrected chi connectivity index (χ2v) is 11.6. The van der Waals surface area contributed by atoms with Crippen LogP contribution >= 0.6 is 11.3 Å². The molecule has 1 aromatic carbocycles. The number of carbonyl (C=O) groups is 2. The largest absolute Gasteiger partial charge is 0.496 e. The van der Waals surface area contributed by atoms with E-state index >= 15 is 0 Å². The summed E-state index contributed by atoms with van der Waals surface area (Å²) in [5.41, 5.74) is 3.96. The second kappa shape index (κ2) is 13.4. The Kier molecular flexibility index (Phi) is 10.6. The van der Waals surface area contributed by atoms with Gasteiger partial charge in [-0.25, -0.2) is 0 Å². The number of methoxy groups -OCH3 is 1. The van der Waals surface area contributed by atoms with Crippen LogP contribution in [0.3, 0.4) is 0 Å². The number of nitrogens with one attached hydrogen (secondary N) is 2. The third-order valence-electron chi connectivity index (χ3n) is 6.94.